The lowest BCUT2D eigenvalue weighted by Crippen LogP contribution is -2.60. The third kappa shape index (κ3) is 2.25. The van der Waals surface area contributed by atoms with Crippen molar-refractivity contribution in [2.45, 2.75) is 39.2 Å². The van der Waals surface area contributed by atoms with Crippen molar-refractivity contribution in [1.82, 2.24) is 4.90 Å². The van der Waals surface area contributed by atoms with Crippen LogP contribution in [0.1, 0.15) is 33.6 Å². The molecule has 1 rings (SSSR count). The van der Waals surface area contributed by atoms with Crippen LogP contribution in [0.4, 0.5) is 0 Å². The molecule has 1 fully saturated rings. The van der Waals surface area contributed by atoms with Crippen molar-refractivity contribution in [3.05, 3.63) is 0 Å². The van der Waals surface area contributed by atoms with Crippen molar-refractivity contribution in [2.24, 2.45) is 0 Å². The first-order chi connectivity index (χ1) is 6.47. The van der Waals surface area contributed by atoms with Crippen molar-refractivity contribution >= 4 is 11.9 Å². The summed E-state index contributed by atoms with van der Waals surface area (Å²) in [5.41, 5.74) is -0.0798. The molecule has 4 nitrogen and oxygen atoms in total. The number of rotatable bonds is 4. The molecule has 0 aromatic rings. The summed E-state index contributed by atoms with van der Waals surface area (Å²) < 4.78 is 4.79. The Bertz CT molecular complexity index is 248. The molecule has 1 amide bonds. The lowest BCUT2D eigenvalue weighted by atomic mass is 9.88. The molecular weight excluding hydrogens is 182 g/mol. The molecule has 1 saturated heterocycles. The first-order valence-electron chi connectivity index (χ1n) is 4.93. The molecule has 0 atom stereocenters. The molecule has 0 aromatic heterocycles. The molecule has 0 bridgehead atoms. The number of nitrogens with zero attached hydrogens (tertiary/aromatic N) is 1. The summed E-state index contributed by atoms with van der Waals surface area (Å²) in [5, 5.41) is 0. The van der Waals surface area contributed by atoms with Gasteiger partial charge in [0.15, 0.2) is 0 Å². The molecule has 0 unspecified atom stereocenters. The van der Waals surface area contributed by atoms with Crippen LogP contribution in [-0.4, -0.2) is 35.5 Å². The largest absolute Gasteiger partial charge is 0.466 e. The molecular formula is C10H17NO3. The first kappa shape index (κ1) is 11.0. The van der Waals surface area contributed by atoms with Gasteiger partial charge < -0.3 is 9.64 Å². The number of β-lactam (4-membered cyclic amide) rings is 1. The normalized spacial score (nSPS) is 19.1. The Morgan fingerprint density at radius 2 is 2.21 bits per heavy atom. The van der Waals surface area contributed by atoms with Crippen LogP contribution in [0.5, 0.6) is 0 Å². The number of carbonyl (C=O) groups excluding carboxylic acids is 2. The number of hydrogen-bond acceptors (Lipinski definition) is 3. The maximum absolute atomic E-state index is 11.2. The lowest BCUT2D eigenvalue weighted by Gasteiger charge is -2.47. The average molecular weight is 199 g/mol. The number of carbonyl (C=O) groups is 2. The second kappa shape index (κ2) is 3.98. The quantitative estimate of drug-likeness (QED) is 0.500. The second-order valence-electron chi connectivity index (χ2n) is 4.09. The fraction of sp³-hybridized carbons (Fsp3) is 0.800. The van der Waals surface area contributed by atoms with E-state index in [1.54, 1.807) is 11.8 Å². The zero-order valence-electron chi connectivity index (χ0n) is 9.00. The van der Waals surface area contributed by atoms with Crippen molar-refractivity contribution in [2.75, 3.05) is 13.2 Å². The molecule has 80 valence electrons. The SMILES string of the molecule is CCOC(=O)CCN1C(=O)CC1(C)C. The zero-order valence-corrected chi connectivity index (χ0v) is 9.00. The molecule has 14 heavy (non-hydrogen) atoms. The van der Waals surface area contributed by atoms with E-state index in [9.17, 15) is 9.59 Å². The van der Waals surface area contributed by atoms with Gasteiger partial charge in [0.2, 0.25) is 5.91 Å². The molecule has 1 heterocycles. The van der Waals surface area contributed by atoms with E-state index >= 15 is 0 Å². The summed E-state index contributed by atoms with van der Waals surface area (Å²) in [6, 6.07) is 0. The first-order valence-corrected chi connectivity index (χ1v) is 4.93. The van der Waals surface area contributed by atoms with Crippen LogP contribution >= 0.6 is 0 Å². The second-order valence-corrected chi connectivity index (χ2v) is 4.09. The number of likely N-dealkylation sites (tertiary alicyclic amines) is 1. The Morgan fingerprint density at radius 3 is 2.64 bits per heavy atom. The molecule has 0 aromatic carbocycles. The summed E-state index contributed by atoms with van der Waals surface area (Å²) in [6.45, 7) is 6.65. The third-order valence-corrected chi connectivity index (χ3v) is 2.46. The Hall–Kier alpha value is -1.06. The Balaban J connectivity index is 2.31. The minimum absolute atomic E-state index is 0.0798. The fourth-order valence-corrected chi connectivity index (χ4v) is 1.67. The van der Waals surface area contributed by atoms with Gasteiger partial charge >= 0.3 is 5.97 Å². The van der Waals surface area contributed by atoms with Crippen LogP contribution in [0, 0.1) is 0 Å². The van der Waals surface area contributed by atoms with E-state index in [0.29, 0.717) is 26.0 Å². The summed E-state index contributed by atoms with van der Waals surface area (Å²) in [7, 11) is 0. The van der Waals surface area contributed by atoms with E-state index in [0.717, 1.165) is 0 Å². The van der Waals surface area contributed by atoms with Crippen molar-refractivity contribution in [3.63, 3.8) is 0 Å². The highest BCUT2D eigenvalue weighted by molar-refractivity contribution is 5.85. The van der Waals surface area contributed by atoms with Gasteiger partial charge in [-0.3, -0.25) is 9.59 Å². The van der Waals surface area contributed by atoms with Gasteiger partial charge in [-0.25, -0.2) is 0 Å². The van der Waals surface area contributed by atoms with E-state index in [4.69, 9.17) is 4.74 Å². The van der Waals surface area contributed by atoms with Crippen LogP contribution in [-0.2, 0) is 14.3 Å². The molecule has 4 heteroatoms. The zero-order chi connectivity index (χ0) is 10.8. The summed E-state index contributed by atoms with van der Waals surface area (Å²) in [4.78, 5) is 24.0. The Labute approximate surface area is 84.2 Å². The summed E-state index contributed by atoms with van der Waals surface area (Å²) >= 11 is 0. The highest BCUT2D eigenvalue weighted by Gasteiger charge is 2.42. The minimum Gasteiger partial charge on any atom is -0.466 e. The lowest BCUT2D eigenvalue weighted by molar-refractivity contribution is -0.155. The maximum atomic E-state index is 11.2. The fourth-order valence-electron chi connectivity index (χ4n) is 1.67. The summed E-state index contributed by atoms with van der Waals surface area (Å²) in [6.07, 6.45) is 0.874. The third-order valence-electron chi connectivity index (χ3n) is 2.46. The topological polar surface area (TPSA) is 46.6 Å². The standard InChI is InChI=1S/C10H17NO3/c1-4-14-9(13)5-6-11-8(12)7-10(11,2)3/h4-7H2,1-3H3. The smallest absolute Gasteiger partial charge is 0.307 e. The molecule has 0 spiro atoms. The van der Waals surface area contributed by atoms with Crippen LogP contribution in [0.15, 0.2) is 0 Å². The van der Waals surface area contributed by atoms with Gasteiger partial charge in [0, 0.05) is 18.5 Å². The van der Waals surface area contributed by atoms with Crippen LogP contribution in [0.25, 0.3) is 0 Å². The highest BCUT2D eigenvalue weighted by atomic mass is 16.5. The van der Waals surface area contributed by atoms with Gasteiger partial charge in [0.25, 0.3) is 0 Å². The molecule has 0 aliphatic carbocycles. The number of hydrogen-bond donors (Lipinski definition) is 0. The minimum atomic E-state index is -0.233. The van der Waals surface area contributed by atoms with Gasteiger partial charge in [0.05, 0.1) is 13.0 Å². The average Bonchev–Trinajstić information content (AvgIpc) is 2.03. The van der Waals surface area contributed by atoms with Crippen molar-refractivity contribution < 1.29 is 14.3 Å². The van der Waals surface area contributed by atoms with E-state index in [1.165, 1.54) is 0 Å². The molecule has 0 N–H and O–H groups in total. The van der Waals surface area contributed by atoms with Gasteiger partial charge in [0.1, 0.15) is 0 Å². The van der Waals surface area contributed by atoms with E-state index < -0.39 is 0 Å². The molecule has 1 aliphatic heterocycles. The summed E-state index contributed by atoms with van der Waals surface area (Å²) in [5.74, 6) is -0.109. The van der Waals surface area contributed by atoms with E-state index in [2.05, 4.69) is 0 Å². The number of esters is 1. The van der Waals surface area contributed by atoms with Gasteiger partial charge in [-0.05, 0) is 20.8 Å². The van der Waals surface area contributed by atoms with E-state index in [1.807, 2.05) is 13.8 Å². The van der Waals surface area contributed by atoms with Crippen LogP contribution < -0.4 is 0 Å². The predicted octanol–water partition coefficient (Wildman–Crippen LogP) is 0.950. The Kier molecular flexibility index (Phi) is 3.13. The number of amides is 1. The number of ether oxygens (including phenoxy) is 1. The van der Waals surface area contributed by atoms with Gasteiger partial charge in [-0.1, -0.05) is 0 Å². The molecule has 1 aliphatic rings. The van der Waals surface area contributed by atoms with Crippen LogP contribution in [0.2, 0.25) is 0 Å². The Morgan fingerprint density at radius 1 is 1.57 bits per heavy atom. The van der Waals surface area contributed by atoms with Gasteiger partial charge in [-0.15, -0.1) is 0 Å². The predicted molar refractivity (Wildman–Crippen MR) is 51.7 cm³/mol. The monoisotopic (exact) mass is 199 g/mol. The highest BCUT2D eigenvalue weighted by Crippen LogP contribution is 2.30. The molecule has 0 saturated carbocycles. The van der Waals surface area contributed by atoms with E-state index in [-0.39, 0.29) is 17.4 Å². The van der Waals surface area contributed by atoms with Gasteiger partial charge in [-0.2, -0.15) is 0 Å². The molecule has 0 radical (unpaired) electrons. The van der Waals surface area contributed by atoms with Crippen molar-refractivity contribution in [1.29, 1.82) is 0 Å². The van der Waals surface area contributed by atoms with Crippen molar-refractivity contribution in [3.8, 4) is 0 Å². The maximum Gasteiger partial charge on any atom is 0.307 e. The van der Waals surface area contributed by atoms with Crippen LogP contribution in [0.3, 0.4) is 0 Å².